The summed E-state index contributed by atoms with van der Waals surface area (Å²) in [5.74, 6) is 3.78. The summed E-state index contributed by atoms with van der Waals surface area (Å²) in [6.45, 7) is 12.4. The van der Waals surface area contributed by atoms with Crippen LogP contribution in [0.1, 0.15) is 214 Å². The van der Waals surface area contributed by atoms with E-state index < -0.39 is 0 Å². The average molecular weight is 627 g/mol. The Morgan fingerprint density at radius 3 is 1.29 bits per heavy atom. The van der Waals surface area contributed by atoms with Gasteiger partial charge in [-0.05, 0) is 86.8 Å². The SMILES string of the molecule is C=C(CCCCCCCCCC1C(CCCCCCC)CCC(CCCCCC)C1CCCCCCCC)C(=O)/C=C\C(C)=O. The summed E-state index contributed by atoms with van der Waals surface area (Å²) < 4.78 is 0. The molecule has 0 heterocycles. The Bertz CT molecular complexity index is 764. The predicted octanol–water partition coefficient (Wildman–Crippen LogP) is 14.1. The normalized spacial score (nSPS) is 20.2. The second-order valence-electron chi connectivity index (χ2n) is 15.0. The fourth-order valence-electron chi connectivity index (χ4n) is 8.21. The minimum absolute atomic E-state index is 0.0897. The molecule has 4 atom stereocenters. The Balaban J connectivity index is 2.61. The summed E-state index contributed by atoms with van der Waals surface area (Å²) >= 11 is 0. The molecule has 1 rings (SSSR count). The molecule has 0 bridgehead atoms. The summed E-state index contributed by atoms with van der Waals surface area (Å²) in [5, 5.41) is 0. The molecule has 1 aliphatic rings. The number of carbonyl (C=O) groups is 2. The molecule has 0 spiro atoms. The number of unbranched alkanes of at least 4 members (excludes halogenated alkanes) is 18. The lowest BCUT2D eigenvalue weighted by molar-refractivity contribution is -0.114. The summed E-state index contributed by atoms with van der Waals surface area (Å²) in [5.41, 5.74) is 0.638. The number of allylic oxidation sites excluding steroid dienone is 3. The molecule has 2 nitrogen and oxygen atoms in total. The van der Waals surface area contributed by atoms with E-state index in [9.17, 15) is 9.59 Å². The number of ketones is 2. The predicted molar refractivity (Wildman–Crippen MR) is 199 cm³/mol. The molecule has 0 aromatic rings. The van der Waals surface area contributed by atoms with Gasteiger partial charge in [-0.2, -0.15) is 0 Å². The number of carbonyl (C=O) groups excluding carboxylic acids is 2. The fraction of sp³-hybridized carbons (Fsp3) is 0.860. The van der Waals surface area contributed by atoms with Gasteiger partial charge in [-0.15, -0.1) is 0 Å². The van der Waals surface area contributed by atoms with E-state index in [4.69, 9.17) is 0 Å². The van der Waals surface area contributed by atoms with Crippen molar-refractivity contribution in [2.24, 2.45) is 23.7 Å². The zero-order valence-electron chi connectivity index (χ0n) is 31.0. The van der Waals surface area contributed by atoms with E-state index in [0.29, 0.717) is 5.57 Å². The first-order valence-corrected chi connectivity index (χ1v) is 20.3. The molecule has 4 unspecified atom stereocenters. The van der Waals surface area contributed by atoms with Crippen molar-refractivity contribution in [3.63, 3.8) is 0 Å². The van der Waals surface area contributed by atoms with Gasteiger partial charge in [0, 0.05) is 0 Å². The first-order chi connectivity index (χ1) is 21.9. The fourth-order valence-corrected chi connectivity index (χ4v) is 8.21. The van der Waals surface area contributed by atoms with Gasteiger partial charge in [0.25, 0.3) is 0 Å². The van der Waals surface area contributed by atoms with Crippen LogP contribution < -0.4 is 0 Å². The Kier molecular flexibility index (Phi) is 27.0. The highest BCUT2D eigenvalue weighted by atomic mass is 16.1. The first-order valence-electron chi connectivity index (χ1n) is 20.3. The number of hydrogen-bond donors (Lipinski definition) is 0. The maximum Gasteiger partial charge on any atom is 0.181 e. The highest BCUT2D eigenvalue weighted by molar-refractivity contribution is 6.06. The van der Waals surface area contributed by atoms with Crippen molar-refractivity contribution in [2.75, 3.05) is 0 Å². The standard InChI is InChI=1S/C43H78O2/c1-6-9-12-15-21-26-31-41-39(29-24-14-11-8-3)34-35-40(30-25-19-13-10-7-2)42(41)32-27-22-18-16-17-20-23-28-37(4)43(45)36-33-38(5)44/h33,36,39-42H,4,6-32,34-35H2,1-3,5H3/b36-33-. The van der Waals surface area contributed by atoms with E-state index in [1.165, 1.54) is 192 Å². The van der Waals surface area contributed by atoms with E-state index >= 15 is 0 Å². The van der Waals surface area contributed by atoms with Crippen molar-refractivity contribution in [3.05, 3.63) is 24.3 Å². The molecule has 0 radical (unpaired) electrons. The third kappa shape index (κ3) is 21.3. The van der Waals surface area contributed by atoms with E-state index in [0.717, 1.165) is 36.5 Å². The Labute approximate surface area is 282 Å². The first kappa shape index (κ1) is 41.8. The number of rotatable bonds is 31. The maximum atomic E-state index is 12.0. The van der Waals surface area contributed by atoms with Crippen LogP contribution in [0.4, 0.5) is 0 Å². The van der Waals surface area contributed by atoms with Crippen LogP contribution in [0, 0.1) is 23.7 Å². The van der Waals surface area contributed by atoms with E-state index in [2.05, 4.69) is 27.4 Å². The quantitative estimate of drug-likeness (QED) is 0.0566. The van der Waals surface area contributed by atoms with Gasteiger partial charge in [0.2, 0.25) is 0 Å². The summed E-state index contributed by atoms with van der Waals surface area (Å²) in [7, 11) is 0. The van der Waals surface area contributed by atoms with Crippen LogP contribution in [0.5, 0.6) is 0 Å². The largest absolute Gasteiger partial charge is 0.295 e. The van der Waals surface area contributed by atoms with Crippen LogP contribution in [0.25, 0.3) is 0 Å². The van der Waals surface area contributed by atoms with Crippen molar-refractivity contribution < 1.29 is 9.59 Å². The van der Waals surface area contributed by atoms with Crippen molar-refractivity contribution >= 4 is 11.6 Å². The minimum atomic E-state index is -0.0924. The lowest BCUT2D eigenvalue weighted by Crippen LogP contribution is -2.35. The minimum Gasteiger partial charge on any atom is -0.295 e. The zero-order chi connectivity index (χ0) is 33.0. The topological polar surface area (TPSA) is 34.1 Å². The van der Waals surface area contributed by atoms with Crippen LogP contribution in [0.15, 0.2) is 24.3 Å². The summed E-state index contributed by atoms with van der Waals surface area (Å²) in [4.78, 5) is 23.1. The molecule has 0 amide bonds. The molecule has 0 aromatic carbocycles. The van der Waals surface area contributed by atoms with Crippen molar-refractivity contribution in [3.8, 4) is 0 Å². The molecule has 1 aliphatic carbocycles. The van der Waals surface area contributed by atoms with Crippen LogP contribution in [0.3, 0.4) is 0 Å². The molecule has 0 aliphatic heterocycles. The van der Waals surface area contributed by atoms with Crippen LogP contribution in [-0.4, -0.2) is 11.6 Å². The van der Waals surface area contributed by atoms with Crippen molar-refractivity contribution in [2.45, 2.75) is 214 Å². The van der Waals surface area contributed by atoms with Gasteiger partial charge in [-0.3, -0.25) is 9.59 Å². The van der Waals surface area contributed by atoms with Gasteiger partial charge in [0.15, 0.2) is 11.6 Å². The molecule has 1 fully saturated rings. The Morgan fingerprint density at radius 1 is 0.511 bits per heavy atom. The third-order valence-corrected chi connectivity index (χ3v) is 11.0. The smallest absolute Gasteiger partial charge is 0.181 e. The second-order valence-corrected chi connectivity index (χ2v) is 15.0. The zero-order valence-corrected chi connectivity index (χ0v) is 31.0. The molecule has 0 N–H and O–H groups in total. The van der Waals surface area contributed by atoms with Crippen LogP contribution >= 0.6 is 0 Å². The highest BCUT2D eigenvalue weighted by Gasteiger charge is 2.37. The monoisotopic (exact) mass is 627 g/mol. The van der Waals surface area contributed by atoms with Crippen molar-refractivity contribution in [1.29, 1.82) is 0 Å². The second kappa shape index (κ2) is 29.0. The molecule has 1 saturated carbocycles. The van der Waals surface area contributed by atoms with Crippen LogP contribution in [-0.2, 0) is 9.59 Å². The molecular weight excluding hydrogens is 548 g/mol. The van der Waals surface area contributed by atoms with E-state index in [1.54, 1.807) is 0 Å². The van der Waals surface area contributed by atoms with Gasteiger partial charge in [-0.1, -0.05) is 175 Å². The summed E-state index contributed by atoms with van der Waals surface area (Å²) in [6.07, 6.45) is 42.9. The van der Waals surface area contributed by atoms with Crippen LogP contribution in [0.2, 0.25) is 0 Å². The molecule has 0 saturated heterocycles. The van der Waals surface area contributed by atoms with E-state index in [-0.39, 0.29) is 11.6 Å². The van der Waals surface area contributed by atoms with Gasteiger partial charge in [0.05, 0.1) is 0 Å². The molecular formula is C43H78O2. The highest BCUT2D eigenvalue weighted by Crippen LogP contribution is 2.47. The average Bonchev–Trinajstić information content (AvgIpc) is 3.03. The molecule has 2 heteroatoms. The number of hydrogen-bond acceptors (Lipinski definition) is 2. The Morgan fingerprint density at radius 2 is 0.867 bits per heavy atom. The van der Waals surface area contributed by atoms with Gasteiger partial charge >= 0.3 is 0 Å². The molecule has 262 valence electrons. The van der Waals surface area contributed by atoms with Gasteiger partial charge < -0.3 is 0 Å². The third-order valence-electron chi connectivity index (χ3n) is 11.0. The summed E-state index contributed by atoms with van der Waals surface area (Å²) in [6, 6.07) is 0. The molecule has 0 aromatic heterocycles. The lowest BCUT2D eigenvalue weighted by atomic mass is 9.61. The van der Waals surface area contributed by atoms with E-state index in [1.807, 2.05) is 0 Å². The Hall–Kier alpha value is -1.18. The van der Waals surface area contributed by atoms with Crippen molar-refractivity contribution in [1.82, 2.24) is 0 Å². The molecule has 45 heavy (non-hydrogen) atoms. The maximum absolute atomic E-state index is 12.0. The lowest BCUT2D eigenvalue weighted by Gasteiger charge is -2.44. The van der Waals surface area contributed by atoms with Gasteiger partial charge in [-0.25, -0.2) is 0 Å². The van der Waals surface area contributed by atoms with Gasteiger partial charge in [0.1, 0.15) is 0 Å².